The van der Waals surface area contributed by atoms with E-state index in [0.29, 0.717) is 42.5 Å². The third kappa shape index (κ3) is 10.2. The molecule has 2 saturated heterocycles. The molecule has 2 aromatic rings. The Bertz CT molecular complexity index is 2010. The van der Waals surface area contributed by atoms with Crippen LogP contribution in [0.15, 0.2) is 24.3 Å². The molecule has 18 heteroatoms. The number of hydrogen-bond donors (Lipinski definition) is 0. The summed E-state index contributed by atoms with van der Waals surface area (Å²) in [6, 6.07) is 6.60. The predicted octanol–water partition coefficient (Wildman–Crippen LogP) is 4.83. The Kier molecular flexibility index (Phi) is 13.8. The molecule has 0 unspecified atom stereocenters. The van der Waals surface area contributed by atoms with Crippen LogP contribution in [0.3, 0.4) is 0 Å². The van der Waals surface area contributed by atoms with Crippen LogP contribution < -0.4 is 28.7 Å². The molecular weight excluding hydrogens is 809 g/mol. The van der Waals surface area contributed by atoms with Crippen molar-refractivity contribution in [3.8, 4) is 23.0 Å². The first-order valence-corrected chi connectivity index (χ1v) is 27.9. The Balaban J connectivity index is 1.20. The second-order valence-electron chi connectivity index (χ2n) is 18.1. The molecule has 2 fully saturated rings. The van der Waals surface area contributed by atoms with Gasteiger partial charge in [-0.1, -0.05) is 39.3 Å². The van der Waals surface area contributed by atoms with Gasteiger partial charge in [0.1, 0.15) is 19.5 Å². The number of amides is 4. The molecule has 0 aromatic heterocycles. The zero-order valence-electron chi connectivity index (χ0n) is 36.1. The molecule has 0 bridgehead atoms. The number of ether oxygens (including phenoxy) is 6. The molecule has 16 nitrogen and oxygen atoms in total. The van der Waals surface area contributed by atoms with Gasteiger partial charge in [0.15, 0.2) is 34.6 Å². The first-order chi connectivity index (χ1) is 28.4. The van der Waals surface area contributed by atoms with Crippen LogP contribution in [0.4, 0.5) is 11.4 Å². The van der Waals surface area contributed by atoms with Gasteiger partial charge in [0, 0.05) is 73.2 Å². The minimum absolute atomic E-state index is 0.00969. The molecular formula is C42H58N4O12Si2. The smallest absolute Gasteiger partial charge is 0.257 e. The fourth-order valence-corrected chi connectivity index (χ4v) is 9.07. The Morgan fingerprint density at radius 3 is 1.60 bits per heavy atom. The predicted molar refractivity (Wildman–Crippen MR) is 228 cm³/mol. The van der Waals surface area contributed by atoms with E-state index in [0.717, 1.165) is 12.1 Å². The van der Waals surface area contributed by atoms with E-state index in [2.05, 4.69) is 39.3 Å². The van der Waals surface area contributed by atoms with E-state index in [1.54, 1.807) is 18.2 Å². The number of rotatable bonds is 18. The van der Waals surface area contributed by atoms with Crippen LogP contribution in [0.5, 0.6) is 23.0 Å². The molecule has 0 N–H and O–H groups in total. The summed E-state index contributed by atoms with van der Waals surface area (Å²) in [7, 11) is 0.0643. The second-order valence-corrected chi connectivity index (χ2v) is 29.3. The number of benzene rings is 2. The minimum atomic E-state index is -1.43. The second kappa shape index (κ2) is 18.5. The quantitative estimate of drug-likeness (QED) is 0.148. The van der Waals surface area contributed by atoms with Gasteiger partial charge in [-0.25, -0.2) is 0 Å². The number of hydrogen-bond acceptors (Lipinski definition) is 12. The maximum absolute atomic E-state index is 13.9. The normalized spacial score (nSPS) is 19.5. The summed E-state index contributed by atoms with van der Waals surface area (Å²) in [5.41, 5.74) is 1.02. The molecule has 326 valence electrons. The lowest BCUT2D eigenvalue weighted by molar-refractivity contribution is -0.124. The van der Waals surface area contributed by atoms with Crippen LogP contribution in [0.1, 0.15) is 46.4 Å². The number of nitrogens with zero attached hydrogens (tertiary/aromatic N) is 4. The van der Waals surface area contributed by atoms with Gasteiger partial charge in [-0.2, -0.15) is 0 Å². The highest BCUT2D eigenvalue weighted by atomic mass is 28.3. The first-order valence-electron chi connectivity index (χ1n) is 20.5. The third-order valence-corrected chi connectivity index (χ3v) is 14.4. The van der Waals surface area contributed by atoms with Crippen molar-refractivity contribution < 1.29 is 57.2 Å². The number of anilines is 2. The topological polar surface area (TPSA) is 171 Å². The van der Waals surface area contributed by atoms with Crippen LogP contribution in [-0.4, -0.2) is 140 Å². The van der Waals surface area contributed by atoms with Crippen molar-refractivity contribution in [3.63, 3.8) is 0 Å². The number of ketones is 2. The number of carbonyl (C=O) groups excluding carboxylic acids is 6. The highest BCUT2D eigenvalue weighted by Crippen LogP contribution is 2.41. The molecule has 4 heterocycles. The van der Waals surface area contributed by atoms with Crippen LogP contribution in [0, 0.1) is 0 Å². The average Bonchev–Trinajstić information content (AvgIpc) is 3.74. The van der Waals surface area contributed by atoms with E-state index < -0.39 is 40.0 Å². The lowest BCUT2D eigenvalue weighted by Crippen LogP contribution is -2.45. The molecule has 0 spiro atoms. The summed E-state index contributed by atoms with van der Waals surface area (Å²) < 4.78 is 35.7. The highest BCUT2D eigenvalue weighted by Gasteiger charge is 2.46. The Hall–Kier alpha value is -4.79. The molecule has 6 rings (SSSR count). The molecule has 2 atom stereocenters. The number of carbonyl (C=O) groups is 6. The Morgan fingerprint density at radius 1 is 0.583 bits per heavy atom. The lowest BCUT2D eigenvalue weighted by atomic mass is 10.0. The summed E-state index contributed by atoms with van der Waals surface area (Å²) in [5, 5.41) is 0. The van der Waals surface area contributed by atoms with E-state index in [-0.39, 0.29) is 105 Å². The van der Waals surface area contributed by atoms with E-state index >= 15 is 0 Å². The van der Waals surface area contributed by atoms with Crippen molar-refractivity contribution >= 4 is 62.7 Å². The van der Waals surface area contributed by atoms with Crippen molar-refractivity contribution in [2.75, 3.05) is 77.0 Å². The number of methoxy groups -OCH3 is 2. The number of fused-ring (bicyclic) bond motifs is 4. The summed E-state index contributed by atoms with van der Waals surface area (Å²) in [6.07, 6.45) is 0.414. The summed E-state index contributed by atoms with van der Waals surface area (Å²) in [5.74, 6) is -0.642. The maximum Gasteiger partial charge on any atom is 0.257 e. The van der Waals surface area contributed by atoms with Crippen molar-refractivity contribution in [2.24, 2.45) is 0 Å². The van der Waals surface area contributed by atoms with Gasteiger partial charge in [0.25, 0.3) is 17.7 Å². The molecule has 4 amide bonds. The van der Waals surface area contributed by atoms with Gasteiger partial charge >= 0.3 is 0 Å². The van der Waals surface area contributed by atoms with Crippen molar-refractivity contribution in [2.45, 2.75) is 89.1 Å². The maximum atomic E-state index is 13.9. The van der Waals surface area contributed by atoms with Gasteiger partial charge in [-0.3, -0.25) is 38.6 Å². The molecule has 2 aromatic carbocycles. The van der Waals surface area contributed by atoms with Gasteiger partial charge in [0.05, 0.1) is 63.0 Å². The van der Waals surface area contributed by atoms with Gasteiger partial charge < -0.3 is 38.2 Å². The molecule has 0 radical (unpaired) electrons. The van der Waals surface area contributed by atoms with Crippen LogP contribution >= 0.6 is 0 Å². The monoisotopic (exact) mass is 866 g/mol. The van der Waals surface area contributed by atoms with Crippen LogP contribution in [0.2, 0.25) is 51.4 Å². The summed E-state index contributed by atoms with van der Waals surface area (Å²) >= 11 is 0. The van der Waals surface area contributed by atoms with Gasteiger partial charge in [0.2, 0.25) is 5.91 Å². The zero-order chi connectivity index (χ0) is 43.5. The lowest BCUT2D eigenvalue weighted by Gasteiger charge is -2.33. The van der Waals surface area contributed by atoms with Crippen LogP contribution in [-0.2, 0) is 28.7 Å². The molecule has 60 heavy (non-hydrogen) atoms. The minimum Gasteiger partial charge on any atom is -0.493 e. The van der Waals surface area contributed by atoms with Crippen LogP contribution in [0.25, 0.3) is 0 Å². The standard InChI is InChI=1S/C42H58N4O12Si2/c1-53-35-19-30-32(45(25-55-12-14-59(3,4)5)39(49)17-27-16-28(47)23-43(27)40(30)50)21-37(35)57-10-9-11-58-38-22-33-31(20-36(38)54-2)41(51)44-24-29(48)18-34(44)42(52)46(33)26-56-13-15-60(6,7)8/h19-22,27,34H,9-18,23-26H2,1-8H3/t27-,34-/m0/s1. The Labute approximate surface area is 353 Å². The fourth-order valence-electron chi connectivity index (χ4n) is 7.55. The van der Waals surface area contributed by atoms with Crippen molar-refractivity contribution in [1.29, 1.82) is 0 Å². The number of Topliss-reactive ketones (excluding diaryl/α,β-unsaturated/α-hetero) is 2. The van der Waals surface area contributed by atoms with E-state index in [1.165, 1.54) is 39.9 Å². The molecule has 4 aliphatic rings. The van der Waals surface area contributed by atoms with Gasteiger partial charge in [-0.05, 0) is 24.2 Å². The van der Waals surface area contributed by atoms with Crippen molar-refractivity contribution in [1.82, 2.24) is 9.80 Å². The molecule has 4 aliphatic heterocycles. The Morgan fingerprint density at radius 2 is 1.07 bits per heavy atom. The molecule has 0 saturated carbocycles. The summed E-state index contributed by atoms with van der Waals surface area (Å²) in [6.45, 7) is 14.2. The largest absolute Gasteiger partial charge is 0.493 e. The van der Waals surface area contributed by atoms with E-state index in [9.17, 15) is 28.8 Å². The van der Waals surface area contributed by atoms with Crippen molar-refractivity contribution in [3.05, 3.63) is 35.4 Å². The fraction of sp³-hybridized carbons (Fsp3) is 0.571. The average molecular weight is 867 g/mol. The molecule has 0 aliphatic carbocycles. The zero-order valence-corrected chi connectivity index (χ0v) is 38.1. The summed E-state index contributed by atoms with van der Waals surface area (Å²) in [4.78, 5) is 86.0. The van der Waals surface area contributed by atoms with E-state index in [4.69, 9.17) is 28.4 Å². The first kappa shape index (κ1) is 44.8. The highest BCUT2D eigenvalue weighted by molar-refractivity contribution is 6.76. The van der Waals surface area contributed by atoms with Gasteiger partial charge in [-0.15, -0.1) is 0 Å². The SMILES string of the molecule is COc1cc2c(cc1OCCCOc1cc3c(cc1OC)C(=O)N1CC(=O)C[C@H]1C(=O)N3COCC[Si](C)(C)C)N(COCC[Si](C)(C)C)C(=O)C[C@@H]1CC(=O)CN1C2=O. The van der Waals surface area contributed by atoms with E-state index in [1.807, 2.05) is 0 Å². The third-order valence-electron chi connectivity index (χ3n) is 11.0.